The van der Waals surface area contributed by atoms with Gasteiger partial charge in [-0.2, -0.15) is 0 Å². The van der Waals surface area contributed by atoms with E-state index in [0.717, 1.165) is 0 Å². The smallest absolute Gasteiger partial charge is 0.343 e. The number of hydrogen-bond donors (Lipinski definition) is 1. The molecule has 0 atom stereocenters. The highest BCUT2D eigenvalue weighted by Gasteiger charge is 2.19. The van der Waals surface area contributed by atoms with Crippen molar-refractivity contribution >= 4 is 34.3 Å². The summed E-state index contributed by atoms with van der Waals surface area (Å²) in [6.45, 7) is 1.98. The molecule has 17 heavy (non-hydrogen) atoms. The van der Waals surface area contributed by atoms with Crippen molar-refractivity contribution in [2.24, 2.45) is 0 Å². The fourth-order valence-corrected chi connectivity index (χ4v) is 1.92. The lowest BCUT2D eigenvalue weighted by molar-refractivity contribution is 0.0527. The molecule has 0 bridgehead atoms. The average Bonchev–Trinajstić information content (AvgIpc) is 2.29. The fraction of sp³-hybridized carbons (Fsp3) is 0.167. The lowest BCUT2D eigenvalue weighted by Gasteiger charge is -2.09. The van der Waals surface area contributed by atoms with E-state index >= 15 is 0 Å². The van der Waals surface area contributed by atoms with Gasteiger partial charge >= 0.3 is 5.97 Å². The number of pyridine rings is 1. The summed E-state index contributed by atoms with van der Waals surface area (Å²) in [5.41, 5.74) is 6.51. The van der Waals surface area contributed by atoms with Crippen molar-refractivity contribution in [3.63, 3.8) is 0 Å². The summed E-state index contributed by atoms with van der Waals surface area (Å²) < 4.78 is 4.90. The van der Waals surface area contributed by atoms with E-state index in [1.165, 1.54) is 0 Å². The summed E-state index contributed by atoms with van der Waals surface area (Å²) in [6.07, 6.45) is 0. The number of nitrogens with two attached hydrogens (primary N) is 1. The van der Waals surface area contributed by atoms with Crippen molar-refractivity contribution in [3.8, 4) is 0 Å². The minimum absolute atomic E-state index is 0.0900. The van der Waals surface area contributed by atoms with E-state index in [1.54, 1.807) is 19.1 Å². The molecule has 4 nitrogen and oxygen atoms in total. The Morgan fingerprint density at radius 2 is 2.18 bits per heavy atom. The van der Waals surface area contributed by atoms with Gasteiger partial charge in [0.2, 0.25) is 0 Å². The Bertz CT molecular complexity index is 584. The molecule has 0 aliphatic carbocycles. The molecule has 0 aliphatic heterocycles. The second-order valence-electron chi connectivity index (χ2n) is 3.42. The summed E-state index contributed by atoms with van der Waals surface area (Å²) >= 11 is 6.16. The standard InChI is InChI=1S/C12H11ClN2O2/c1-2-17-12(16)9-10(13)7-5-3-4-6-8(7)15-11(9)14/h3-6H,2H2,1H3,(H2,14,15). The van der Waals surface area contributed by atoms with Crippen LogP contribution in [0.25, 0.3) is 10.9 Å². The highest BCUT2D eigenvalue weighted by atomic mass is 35.5. The minimum Gasteiger partial charge on any atom is -0.462 e. The molecule has 0 saturated heterocycles. The van der Waals surface area contributed by atoms with Crippen LogP contribution in [0.5, 0.6) is 0 Å². The molecule has 1 aromatic heterocycles. The summed E-state index contributed by atoms with van der Waals surface area (Å²) in [5, 5.41) is 0.970. The third-order valence-corrected chi connectivity index (χ3v) is 2.73. The first-order valence-corrected chi connectivity index (χ1v) is 5.53. The molecule has 88 valence electrons. The Labute approximate surface area is 103 Å². The van der Waals surface area contributed by atoms with E-state index in [0.29, 0.717) is 10.9 Å². The molecule has 2 N–H and O–H groups in total. The molecule has 0 amide bonds. The topological polar surface area (TPSA) is 65.2 Å². The van der Waals surface area contributed by atoms with Gasteiger partial charge in [0.1, 0.15) is 11.4 Å². The van der Waals surface area contributed by atoms with Crippen LogP contribution in [-0.4, -0.2) is 17.6 Å². The summed E-state index contributed by atoms with van der Waals surface area (Å²) in [5.74, 6) is -0.458. The lowest BCUT2D eigenvalue weighted by Crippen LogP contribution is -2.10. The normalized spacial score (nSPS) is 10.5. The monoisotopic (exact) mass is 250 g/mol. The fourth-order valence-electron chi connectivity index (χ4n) is 1.59. The van der Waals surface area contributed by atoms with Crippen molar-refractivity contribution in [1.82, 2.24) is 4.98 Å². The van der Waals surface area contributed by atoms with E-state index in [2.05, 4.69) is 4.98 Å². The van der Waals surface area contributed by atoms with Gasteiger partial charge < -0.3 is 10.5 Å². The highest BCUT2D eigenvalue weighted by molar-refractivity contribution is 6.38. The van der Waals surface area contributed by atoms with Crippen molar-refractivity contribution in [3.05, 3.63) is 34.9 Å². The third kappa shape index (κ3) is 2.03. The molecule has 1 aromatic carbocycles. The number of benzene rings is 1. The predicted octanol–water partition coefficient (Wildman–Crippen LogP) is 2.65. The Morgan fingerprint density at radius 1 is 1.47 bits per heavy atom. The maximum Gasteiger partial charge on any atom is 0.343 e. The number of rotatable bonds is 2. The van der Waals surface area contributed by atoms with Crippen LogP contribution in [-0.2, 0) is 4.74 Å². The number of nitrogen functional groups attached to an aromatic ring is 1. The first-order valence-electron chi connectivity index (χ1n) is 5.16. The first-order chi connectivity index (χ1) is 8.15. The van der Waals surface area contributed by atoms with Crippen LogP contribution in [0.15, 0.2) is 24.3 Å². The number of para-hydroxylation sites is 1. The first kappa shape index (κ1) is 11.7. The molecule has 0 spiro atoms. The van der Waals surface area contributed by atoms with Crippen LogP contribution in [0, 0.1) is 0 Å². The second kappa shape index (κ2) is 4.59. The lowest BCUT2D eigenvalue weighted by atomic mass is 10.1. The van der Waals surface area contributed by atoms with Gasteiger partial charge in [-0.05, 0) is 13.0 Å². The Hall–Kier alpha value is -1.81. The van der Waals surface area contributed by atoms with Crippen molar-refractivity contribution in [1.29, 1.82) is 0 Å². The molecule has 2 aromatic rings. The van der Waals surface area contributed by atoms with Gasteiger partial charge in [-0.25, -0.2) is 9.78 Å². The number of esters is 1. The van der Waals surface area contributed by atoms with Gasteiger partial charge in [0.25, 0.3) is 0 Å². The van der Waals surface area contributed by atoms with Crippen LogP contribution in [0.3, 0.4) is 0 Å². The zero-order chi connectivity index (χ0) is 12.4. The van der Waals surface area contributed by atoms with Gasteiger partial charge in [0.05, 0.1) is 17.1 Å². The van der Waals surface area contributed by atoms with Crippen LogP contribution >= 0.6 is 11.6 Å². The zero-order valence-corrected chi connectivity index (χ0v) is 9.99. The van der Waals surface area contributed by atoms with Crippen molar-refractivity contribution in [2.75, 3.05) is 12.3 Å². The van der Waals surface area contributed by atoms with Crippen molar-refractivity contribution in [2.45, 2.75) is 6.92 Å². The second-order valence-corrected chi connectivity index (χ2v) is 3.80. The number of ether oxygens (including phenoxy) is 1. The molecular weight excluding hydrogens is 240 g/mol. The third-order valence-electron chi connectivity index (χ3n) is 2.34. The number of anilines is 1. The largest absolute Gasteiger partial charge is 0.462 e. The summed E-state index contributed by atoms with van der Waals surface area (Å²) in [6, 6.07) is 7.22. The maximum absolute atomic E-state index is 11.7. The minimum atomic E-state index is -0.548. The average molecular weight is 251 g/mol. The Morgan fingerprint density at radius 3 is 2.88 bits per heavy atom. The molecular formula is C12H11ClN2O2. The number of carbonyl (C=O) groups is 1. The van der Waals surface area contributed by atoms with Crippen LogP contribution in [0.2, 0.25) is 5.02 Å². The molecule has 0 saturated carbocycles. The number of nitrogens with zero attached hydrogens (tertiary/aromatic N) is 1. The number of hydrogen-bond acceptors (Lipinski definition) is 4. The zero-order valence-electron chi connectivity index (χ0n) is 9.24. The summed E-state index contributed by atoms with van der Waals surface area (Å²) in [7, 11) is 0. The predicted molar refractivity (Wildman–Crippen MR) is 67.1 cm³/mol. The van der Waals surface area contributed by atoms with Crippen LogP contribution < -0.4 is 5.73 Å². The quantitative estimate of drug-likeness (QED) is 0.832. The van der Waals surface area contributed by atoms with Crippen LogP contribution in [0.4, 0.5) is 5.82 Å². The molecule has 5 heteroatoms. The van der Waals surface area contributed by atoms with E-state index in [1.807, 2.05) is 12.1 Å². The highest BCUT2D eigenvalue weighted by Crippen LogP contribution is 2.29. The number of halogens is 1. The van der Waals surface area contributed by atoms with Gasteiger partial charge in [-0.1, -0.05) is 29.8 Å². The van der Waals surface area contributed by atoms with E-state index in [9.17, 15) is 4.79 Å². The van der Waals surface area contributed by atoms with E-state index in [-0.39, 0.29) is 23.0 Å². The molecule has 2 rings (SSSR count). The number of aromatic nitrogens is 1. The molecule has 0 radical (unpaired) electrons. The van der Waals surface area contributed by atoms with Gasteiger partial charge in [0.15, 0.2) is 0 Å². The van der Waals surface area contributed by atoms with E-state index < -0.39 is 5.97 Å². The van der Waals surface area contributed by atoms with Gasteiger partial charge in [-0.3, -0.25) is 0 Å². The molecule has 0 unspecified atom stereocenters. The maximum atomic E-state index is 11.7. The number of fused-ring (bicyclic) bond motifs is 1. The molecule has 1 heterocycles. The molecule has 0 aliphatic rings. The molecule has 0 fully saturated rings. The Kier molecular flexibility index (Phi) is 3.15. The van der Waals surface area contributed by atoms with E-state index in [4.69, 9.17) is 22.1 Å². The SMILES string of the molecule is CCOC(=O)c1c(N)nc2ccccc2c1Cl. The number of carbonyl (C=O) groups excluding carboxylic acids is 1. The van der Waals surface area contributed by atoms with Crippen LogP contribution in [0.1, 0.15) is 17.3 Å². The van der Waals surface area contributed by atoms with Crippen molar-refractivity contribution < 1.29 is 9.53 Å². The Balaban J connectivity index is 2.67. The van der Waals surface area contributed by atoms with Gasteiger partial charge in [-0.15, -0.1) is 0 Å². The van der Waals surface area contributed by atoms with Gasteiger partial charge in [0, 0.05) is 5.39 Å². The summed E-state index contributed by atoms with van der Waals surface area (Å²) in [4.78, 5) is 15.8.